The quantitative estimate of drug-likeness (QED) is 0.377. The number of hydrogen-bond acceptors (Lipinski definition) is 2. The summed E-state index contributed by atoms with van der Waals surface area (Å²) in [4.78, 5) is 8.64. The molecule has 0 atom stereocenters. The summed E-state index contributed by atoms with van der Waals surface area (Å²) < 4.78 is 13.8. The molecule has 1 fully saturated rings. The van der Waals surface area contributed by atoms with E-state index < -0.39 is 0 Å². The zero-order chi connectivity index (χ0) is 18.2. The summed E-state index contributed by atoms with van der Waals surface area (Å²) in [7, 11) is 1.77. The van der Waals surface area contributed by atoms with Gasteiger partial charge in [-0.15, -0.1) is 24.0 Å². The van der Waals surface area contributed by atoms with Crippen molar-refractivity contribution in [3.8, 4) is 0 Å². The lowest BCUT2D eigenvalue weighted by atomic mass is 9.69. The van der Waals surface area contributed by atoms with E-state index in [4.69, 9.17) is 0 Å². The number of aromatic nitrogens is 1. The molecule has 4 nitrogen and oxygen atoms in total. The minimum Gasteiger partial charge on any atom is -0.356 e. The van der Waals surface area contributed by atoms with Crippen molar-refractivity contribution in [1.82, 2.24) is 15.6 Å². The van der Waals surface area contributed by atoms with Gasteiger partial charge in [0.2, 0.25) is 0 Å². The van der Waals surface area contributed by atoms with Gasteiger partial charge in [0, 0.05) is 25.2 Å². The van der Waals surface area contributed by atoms with Crippen LogP contribution < -0.4 is 10.6 Å². The maximum atomic E-state index is 13.8. The Morgan fingerprint density at radius 3 is 2.59 bits per heavy atom. The average molecular weight is 482 g/mol. The highest BCUT2D eigenvalue weighted by molar-refractivity contribution is 14.0. The normalized spacial score (nSPS) is 16.3. The monoisotopic (exact) mass is 482 g/mol. The molecule has 0 aliphatic heterocycles. The van der Waals surface area contributed by atoms with Crippen LogP contribution >= 0.6 is 24.0 Å². The zero-order valence-electron chi connectivity index (χ0n) is 15.7. The molecule has 0 saturated heterocycles. The number of hydrogen-bond donors (Lipinski definition) is 2. The number of pyridine rings is 1. The van der Waals surface area contributed by atoms with Gasteiger partial charge in [0.15, 0.2) is 5.96 Å². The Bertz CT molecular complexity index is 730. The number of guanidine groups is 1. The molecule has 27 heavy (non-hydrogen) atoms. The first-order chi connectivity index (χ1) is 12.7. The van der Waals surface area contributed by atoms with Gasteiger partial charge in [0.05, 0.1) is 12.2 Å². The fourth-order valence-corrected chi connectivity index (χ4v) is 3.76. The van der Waals surface area contributed by atoms with Crippen LogP contribution in [0.1, 0.15) is 43.4 Å². The fourth-order valence-electron chi connectivity index (χ4n) is 3.76. The molecule has 0 radical (unpaired) electrons. The molecule has 1 aromatic heterocycles. The van der Waals surface area contributed by atoms with Crippen LogP contribution in [0.5, 0.6) is 0 Å². The molecule has 1 heterocycles. The van der Waals surface area contributed by atoms with Gasteiger partial charge in [-0.05, 0) is 42.7 Å². The van der Waals surface area contributed by atoms with Crippen molar-refractivity contribution < 1.29 is 4.39 Å². The largest absolute Gasteiger partial charge is 0.356 e. The lowest BCUT2D eigenvalue weighted by Gasteiger charge is -2.38. The molecular formula is C21H28FIN4. The van der Waals surface area contributed by atoms with Crippen molar-refractivity contribution in [2.24, 2.45) is 4.99 Å². The van der Waals surface area contributed by atoms with Gasteiger partial charge in [-0.1, -0.05) is 37.5 Å². The van der Waals surface area contributed by atoms with E-state index in [2.05, 4.69) is 26.7 Å². The molecule has 0 spiro atoms. The average Bonchev–Trinajstić information content (AvgIpc) is 2.69. The number of halogens is 2. The summed E-state index contributed by atoms with van der Waals surface area (Å²) in [5.74, 6) is 0.585. The number of benzene rings is 1. The van der Waals surface area contributed by atoms with Gasteiger partial charge in [-0.3, -0.25) is 9.98 Å². The van der Waals surface area contributed by atoms with E-state index in [0.29, 0.717) is 6.54 Å². The molecular weight excluding hydrogens is 454 g/mol. The highest BCUT2D eigenvalue weighted by Crippen LogP contribution is 2.39. The number of rotatable bonds is 5. The third-order valence-electron chi connectivity index (χ3n) is 5.23. The van der Waals surface area contributed by atoms with Crippen molar-refractivity contribution in [2.75, 3.05) is 13.6 Å². The summed E-state index contributed by atoms with van der Waals surface area (Å²) in [5.41, 5.74) is 2.01. The lowest BCUT2D eigenvalue weighted by Crippen LogP contribution is -2.46. The van der Waals surface area contributed by atoms with E-state index in [1.54, 1.807) is 19.3 Å². The zero-order valence-corrected chi connectivity index (χ0v) is 18.1. The Balaban J connectivity index is 0.00000261. The number of aliphatic imine (C=N–C) groups is 1. The minimum atomic E-state index is -0.162. The third-order valence-corrected chi connectivity index (χ3v) is 5.23. The Kier molecular flexibility index (Phi) is 8.47. The first-order valence-electron chi connectivity index (χ1n) is 9.32. The second kappa shape index (κ2) is 10.6. The van der Waals surface area contributed by atoms with Crippen LogP contribution in [0.25, 0.3) is 0 Å². The van der Waals surface area contributed by atoms with Gasteiger partial charge < -0.3 is 10.6 Å². The van der Waals surface area contributed by atoms with Crippen molar-refractivity contribution >= 4 is 29.9 Å². The van der Waals surface area contributed by atoms with Crippen molar-refractivity contribution in [2.45, 2.75) is 44.1 Å². The van der Waals surface area contributed by atoms with Crippen LogP contribution in [0, 0.1) is 5.82 Å². The first-order valence-corrected chi connectivity index (χ1v) is 9.32. The number of nitrogens with one attached hydrogen (secondary N) is 2. The van der Waals surface area contributed by atoms with Crippen LogP contribution in [-0.4, -0.2) is 24.5 Å². The molecule has 0 unspecified atom stereocenters. The molecule has 146 valence electrons. The SMILES string of the molecule is CN=C(NCc1ccccn1)NCC1(c2cccc(F)c2)CCCCC1.I. The molecule has 1 aromatic carbocycles. The second-order valence-electron chi connectivity index (χ2n) is 6.95. The molecule has 6 heteroatoms. The maximum absolute atomic E-state index is 13.8. The Labute approximate surface area is 178 Å². The van der Waals surface area contributed by atoms with Crippen LogP contribution in [0.2, 0.25) is 0 Å². The minimum absolute atomic E-state index is 0. The van der Waals surface area contributed by atoms with Crippen LogP contribution in [-0.2, 0) is 12.0 Å². The number of nitrogens with zero attached hydrogens (tertiary/aromatic N) is 2. The third kappa shape index (κ3) is 5.89. The Morgan fingerprint density at radius 1 is 1.11 bits per heavy atom. The maximum Gasteiger partial charge on any atom is 0.191 e. The Morgan fingerprint density at radius 2 is 1.93 bits per heavy atom. The summed E-state index contributed by atoms with van der Waals surface area (Å²) in [5, 5.41) is 6.76. The topological polar surface area (TPSA) is 49.3 Å². The highest BCUT2D eigenvalue weighted by atomic mass is 127. The van der Waals surface area contributed by atoms with Crippen LogP contribution in [0.3, 0.4) is 0 Å². The standard InChI is InChI=1S/C21H27FN4.HI/c1-23-20(25-15-19-10-3-6-13-24-19)26-16-21(11-4-2-5-12-21)17-8-7-9-18(22)14-17;/h3,6-10,13-14H,2,4-5,11-12,15-16H2,1H3,(H2,23,25,26);1H. The molecule has 0 bridgehead atoms. The van der Waals surface area contributed by atoms with Crippen LogP contribution in [0.15, 0.2) is 53.7 Å². The summed E-state index contributed by atoms with van der Waals surface area (Å²) in [6.45, 7) is 1.37. The van der Waals surface area contributed by atoms with Gasteiger partial charge in [0.25, 0.3) is 0 Å². The smallest absolute Gasteiger partial charge is 0.191 e. The fraction of sp³-hybridized carbons (Fsp3) is 0.429. The van der Waals surface area contributed by atoms with Gasteiger partial charge in [0.1, 0.15) is 5.82 Å². The molecule has 1 aliphatic carbocycles. The van der Waals surface area contributed by atoms with Crippen molar-refractivity contribution in [1.29, 1.82) is 0 Å². The summed E-state index contributed by atoms with van der Waals surface area (Å²) in [6.07, 6.45) is 7.54. The van der Waals surface area contributed by atoms with Gasteiger partial charge in [-0.2, -0.15) is 0 Å². The van der Waals surface area contributed by atoms with Crippen molar-refractivity contribution in [3.05, 3.63) is 65.7 Å². The summed E-state index contributed by atoms with van der Waals surface area (Å²) >= 11 is 0. The molecule has 2 N–H and O–H groups in total. The second-order valence-corrected chi connectivity index (χ2v) is 6.95. The van der Waals surface area contributed by atoms with Gasteiger partial charge in [-0.25, -0.2) is 4.39 Å². The van der Waals surface area contributed by atoms with E-state index in [-0.39, 0.29) is 35.2 Å². The molecule has 3 rings (SSSR count). The lowest BCUT2D eigenvalue weighted by molar-refractivity contribution is 0.290. The Hall–Kier alpha value is -1.70. The van der Waals surface area contributed by atoms with E-state index in [9.17, 15) is 4.39 Å². The van der Waals surface area contributed by atoms with E-state index in [1.165, 1.54) is 25.3 Å². The van der Waals surface area contributed by atoms with E-state index in [0.717, 1.165) is 36.6 Å². The molecule has 1 aliphatic rings. The summed E-state index contributed by atoms with van der Waals surface area (Å²) in [6, 6.07) is 12.9. The predicted molar refractivity (Wildman–Crippen MR) is 119 cm³/mol. The first kappa shape index (κ1) is 21.6. The molecule has 0 amide bonds. The molecule has 2 aromatic rings. The predicted octanol–water partition coefficient (Wildman–Crippen LogP) is 4.41. The van der Waals surface area contributed by atoms with E-state index in [1.807, 2.05) is 24.3 Å². The molecule has 1 saturated carbocycles. The van der Waals surface area contributed by atoms with Crippen LogP contribution in [0.4, 0.5) is 4.39 Å². The highest BCUT2D eigenvalue weighted by Gasteiger charge is 2.34. The van der Waals surface area contributed by atoms with Crippen molar-refractivity contribution in [3.63, 3.8) is 0 Å². The van der Waals surface area contributed by atoms with E-state index >= 15 is 0 Å². The van der Waals surface area contributed by atoms with Gasteiger partial charge >= 0.3 is 0 Å².